The SMILES string of the molecule is C#CC#Cc1cc(C(=O)Cl)cc(C(=O)Cl)c1. The maximum absolute atomic E-state index is 11.0. The molecule has 16 heavy (non-hydrogen) atoms. The summed E-state index contributed by atoms with van der Waals surface area (Å²) in [5.41, 5.74) is 0.706. The Kier molecular flexibility index (Phi) is 4.14. The fourth-order valence-electron chi connectivity index (χ4n) is 1.03. The van der Waals surface area contributed by atoms with Crippen molar-refractivity contribution in [2.24, 2.45) is 0 Å². The predicted octanol–water partition coefficient (Wildman–Crippen LogP) is 2.43. The minimum Gasteiger partial charge on any atom is -0.276 e. The molecule has 2 nitrogen and oxygen atoms in total. The average Bonchev–Trinajstić information content (AvgIpc) is 2.25. The first kappa shape index (κ1) is 12.3. The lowest BCUT2D eigenvalue weighted by molar-refractivity contribution is 0.108. The van der Waals surface area contributed by atoms with Gasteiger partial charge in [-0.25, -0.2) is 0 Å². The van der Waals surface area contributed by atoms with Gasteiger partial charge in [0.05, 0.1) is 0 Å². The van der Waals surface area contributed by atoms with E-state index in [-0.39, 0.29) is 11.1 Å². The van der Waals surface area contributed by atoms with Crippen LogP contribution in [0.4, 0.5) is 0 Å². The first-order chi connectivity index (χ1) is 7.54. The summed E-state index contributed by atoms with van der Waals surface area (Å²) in [6.07, 6.45) is 4.96. The normalized spacial score (nSPS) is 8.56. The van der Waals surface area contributed by atoms with E-state index in [2.05, 4.69) is 17.8 Å². The van der Waals surface area contributed by atoms with Crippen molar-refractivity contribution in [1.29, 1.82) is 0 Å². The van der Waals surface area contributed by atoms with Crippen LogP contribution in [0.3, 0.4) is 0 Å². The average molecular weight is 251 g/mol. The molecule has 0 amide bonds. The molecule has 0 saturated carbocycles. The molecule has 0 N–H and O–H groups in total. The van der Waals surface area contributed by atoms with Gasteiger partial charge in [0, 0.05) is 16.7 Å². The van der Waals surface area contributed by atoms with E-state index in [0.717, 1.165) is 0 Å². The Bertz CT molecular complexity index is 524. The molecule has 0 aromatic heterocycles. The number of carbonyl (C=O) groups is 2. The molecule has 0 heterocycles. The largest absolute Gasteiger partial charge is 0.276 e. The number of benzene rings is 1. The van der Waals surface area contributed by atoms with Crippen LogP contribution in [0.25, 0.3) is 0 Å². The third kappa shape index (κ3) is 3.14. The van der Waals surface area contributed by atoms with Crippen LogP contribution in [-0.4, -0.2) is 10.5 Å². The summed E-state index contributed by atoms with van der Waals surface area (Å²) in [6, 6.07) is 4.16. The Morgan fingerprint density at radius 1 is 1.06 bits per heavy atom. The zero-order valence-corrected chi connectivity index (χ0v) is 9.39. The quantitative estimate of drug-likeness (QED) is 0.597. The van der Waals surface area contributed by atoms with Crippen LogP contribution >= 0.6 is 23.2 Å². The van der Waals surface area contributed by atoms with Crippen LogP contribution in [0.1, 0.15) is 26.3 Å². The van der Waals surface area contributed by atoms with Gasteiger partial charge < -0.3 is 0 Å². The highest BCUT2D eigenvalue weighted by Crippen LogP contribution is 2.14. The predicted molar refractivity (Wildman–Crippen MR) is 62.5 cm³/mol. The van der Waals surface area contributed by atoms with Crippen molar-refractivity contribution in [3.05, 3.63) is 34.9 Å². The van der Waals surface area contributed by atoms with Gasteiger partial charge in [-0.3, -0.25) is 9.59 Å². The maximum atomic E-state index is 11.0. The van der Waals surface area contributed by atoms with Crippen LogP contribution in [0.2, 0.25) is 0 Å². The monoisotopic (exact) mass is 250 g/mol. The number of terminal acetylenes is 1. The molecule has 0 aliphatic rings. The number of hydrogen-bond donors (Lipinski definition) is 0. The van der Waals surface area contributed by atoms with Crippen molar-refractivity contribution < 1.29 is 9.59 Å². The second-order valence-electron chi connectivity index (χ2n) is 2.74. The first-order valence-electron chi connectivity index (χ1n) is 4.06. The molecule has 1 rings (SSSR count). The highest BCUT2D eigenvalue weighted by Gasteiger charge is 2.09. The van der Waals surface area contributed by atoms with Gasteiger partial charge in [-0.05, 0) is 53.2 Å². The smallest absolute Gasteiger partial charge is 0.252 e. The molecule has 0 unspecified atom stereocenters. The van der Waals surface area contributed by atoms with E-state index >= 15 is 0 Å². The summed E-state index contributed by atoms with van der Waals surface area (Å²) < 4.78 is 0. The number of hydrogen-bond acceptors (Lipinski definition) is 2. The van der Waals surface area contributed by atoms with E-state index in [1.807, 2.05) is 0 Å². The van der Waals surface area contributed by atoms with E-state index in [0.29, 0.717) is 5.56 Å². The van der Waals surface area contributed by atoms with E-state index in [1.165, 1.54) is 18.2 Å². The number of carbonyl (C=O) groups excluding carboxylic acids is 2. The molecule has 1 aromatic carbocycles. The second-order valence-corrected chi connectivity index (χ2v) is 3.43. The minimum atomic E-state index is -0.691. The lowest BCUT2D eigenvalue weighted by Crippen LogP contribution is -1.96. The summed E-state index contributed by atoms with van der Waals surface area (Å²) in [6.45, 7) is 0. The van der Waals surface area contributed by atoms with Crippen LogP contribution in [0.5, 0.6) is 0 Å². The zero-order chi connectivity index (χ0) is 12.1. The van der Waals surface area contributed by atoms with Gasteiger partial charge in [0.1, 0.15) is 0 Å². The first-order valence-corrected chi connectivity index (χ1v) is 4.81. The van der Waals surface area contributed by atoms with Gasteiger partial charge in [0.15, 0.2) is 0 Å². The number of rotatable bonds is 2. The molecule has 4 heteroatoms. The Morgan fingerprint density at radius 3 is 1.94 bits per heavy atom. The van der Waals surface area contributed by atoms with E-state index in [9.17, 15) is 9.59 Å². The lowest BCUT2D eigenvalue weighted by Gasteiger charge is -1.99. The van der Waals surface area contributed by atoms with Crippen molar-refractivity contribution >= 4 is 33.7 Å². The van der Waals surface area contributed by atoms with Crippen molar-refractivity contribution in [2.75, 3.05) is 0 Å². The maximum Gasteiger partial charge on any atom is 0.252 e. The van der Waals surface area contributed by atoms with Crippen LogP contribution < -0.4 is 0 Å². The molecule has 0 aliphatic heterocycles. The molecule has 78 valence electrons. The van der Waals surface area contributed by atoms with Gasteiger partial charge in [-0.1, -0.05) is 5.92 Å². The van der Waals surface area contributed by atoms with E-state index in [1.54, 1.807) is 0 Å². The summed E-state index contributed by atoms with van der Waals surface area (Å²) in [4.78, 5) is 21.9. The van der Waals surface area contributed by atoms with Crippen LogP contribution in [-0.2, 0) is 0 Å². The highest BCUT2D eigenvalue weighted by molar-refractivity contribution is 6.69. The third-order valence-corrected chi connectivity index (χ3v) is 2.10. The molecule has 0 atom stereocenters. The zero-order valence-electron chi connectivity index (χ0n) is 7.88. The third-order valence-electron chi connectivity index (χ3n) is 1.67. The van der Waals surface area contributed by atoms with Crippen LogP contribution in [0.15, 0.2) is 18.2 Å². The van der Waals surface area contributed by atoms with Gasteiger partial charge in [0.2, 0.25) is 0 Å². The second kappa shape index (κ2) is 5.37. The van der Waals surface area contributed by atoms with Crippen molar-refractivity contribution in [2.45, 2.75) is 0 Å². The minimum absolute atomic E-state index is 0.148. The molecule has 0 fully saturated rings. The van der Waals surface area contributed by atoms with E-state index in [4.69, 9.17) is 29.6 Å². The summed E-state index contributed by atoms with van der Waals surface area (Å²) in [7, 11) is 0. The van der Waals surface area contributed by atoms with Crippen LogP contribution in [0, 0.1) is 24.2 Å². The van der Waals surface area contributed by atoms with E-state index < -0.39 is 10.5 Å². The molecular weight excluding hydrogens is 247 g/mol. The Hall–Kier alpha value is -1.74. The Balaban J connectivity index is 3.36. The fraction of sp³-hybridized carbons (Fsp3) is 0. The Labute approximate surface area is 103 Å². The number of halogens is 2. The van der Waals surface area contributed by atoms with Gasteiger partial charge in [0.25, 0.3) is 10.5 Å². The Morgan fingerprint density at radius 2 is 1.56 bits per heavy atom. The molecule has 0 bridgehead atoms. The fourth-order valence-corrected chi connectivity index (χ4v) is 1.25. The molecular formula is C12H4Cl2O2. The summed E-state index contributed by atoms with van der Waals surface area (Å²) >= 11 is 10.6. The highest BCUT2D eigenvalue weighted by atomic mass is 35.5. The van der Waals surface area contributed by atoms with Crippen molar-refractivity contribution in [3.63, 3.8) is 0 Å². The molecule has 0 spiro atoms. The topological polar surface area (TPSA) is 34.1 Å². The molecule has 0 saturated heterocycles. The summed E-state index contributed by atoms with van der Waals surface area (Å²) in [5.74, 6) is 7.06. The van der Waals surface area contributed by atoms with Gasteiger partial charge in [-0.2, -0.15) is 0 Å². The molecule has 0 aliphatic carbocycles. The molecule has 1 aromatic rings. The summed E-state index contributed by atoms with van der Waals surface area (Å²) in [5, 5.41) is -1.38. The van der Waals surface area contributed by atoms with Gasteiger partial charge in [-0.15, -0.1) is 6.42 Å². The van der Waals surface area contributed by atoms with Crippen molar-refractivity contribution in [3.8, 4) is 24.2 Å². The van der Waals surface area contributed by atoms with Gasteiger partial charge >= 0.3 is 0 Å². The van der Waals surface area contributed by atoms with Crippen molar-refractivity contribution in [1.82, 2.24) is 0 Å². The standard InChI is InChI=1S/C12H4Cl2O2/c1-2-3-4-8-5-9(11(13)15)7-10(6-8)12(14)16/h1,5-7H. The lowest BCUT2D eigenvalue weighted by atomic mass is 10.1. The molecule has 0 radical (unpaired) electrons.